The van der Waals surface area contributed by atoms with Crippen LogP contribution in [0.5, 0.6) is 0 Å². The number of carbonyl (C=O) groups excluding carboxylic acids is 2. The maximum Gasteiger partial charge on any atom is 0.345 e. The van der Waals surface area contributed by atoms with Crippen molar-refractivity contribution in [1.29, 1.82) is 0 Å². The number of carbonyl (C=O) groups is 2. The highest BCUT2D eigenvalue weighted by Crippen LogP contribution is 1.69. The van der Waals surface area contributed by atoms with E-state index in [0.29, 0.717) is 6.21 Å². The molecule has 0 rings (SSSR count). The van der Waals surface area contributed by atoms with E-state index in [1.54, 1.807) is 0 Å². The number of imide groups is 1. The Morgan fingerprint density at radius 1 is 1.54 bits per heavy atom. The molecule has 0 aromatic rings. The van der Waals surface area contributed by atoms with Crippen molar-refractivity contribution in [2.24, 2.45) is 0 Å². The number of nitrogens with zero attached hydrogens (tertiary/aromatic N) is 2. The van der Waals surface area contributed by atoms with Crippen LogP contribution < -0.4 is 10.6 Å². The summed E-state index contributed by atoms with van der Waals surface area (Å²) >= 11 is 0. The Morgan fingerprint density at radius 3 is 2.77 bits per heavy atom. The van der Waals surface area contributed by atoms with Crippen LogP contribution >= 0.6 is 0 Å². The minimum Gasteiger partial charge on any atom is -0.361 e. The molecule has 0 bridgehead atoms. The zero-order chi connectivity index (χ0) is 10.1. The summed E-state index contributed by atoms with van der Waals surface area (Å²) < 4.78 is 0. The Labute approximate surface area is 75.9 Å². The summed E-state index contributed by atoms with van der Waals surface area (Å²) in [5, 5.41) is 4.80. The first-order valence-corrected chi connectivity index (χ1v) is 3.92. The van der Waals surface area contributed by atoms with E-state index < -0.39 is 11.8 Å². The number of hydrogen-bond acceptors (Lipinski definition) is 3. The third-order valence-electron chi connectivity index (χ3n) is 1.15. The molecule has 0 aromatic heterocycles. The first-order chi connectivity index (χ1) is 6.20. The monoisotopic (exact) mass is 184 g/mol. The highest BCUT2D eigenvalue weighted by molar-refractivity contribution is 6.27. The molecule has 0 fully saturated rings. The van der Waals surface area contributed by atoms with Crippen molar-refractivity contribution in [2.45, 2.75) is 13.3 Å². The smallest absolute Gasteiger partial charge is 0.345 e. The highest BCUT2D eigenvalue weighted by atomic mass is 16.2. The molecule has 72 valence electrons. The van der Waals surface area contributed by atoms with Crippen LogP contribution in [-0.4, -0.2) is 35.9 Å². The maximum absolute atomic E-state index is 10.9. The molecule has 0 aliphatic carbocycles. The van der Waals surface area contributed by atoms with Crippen LogP contribution in [-0.2, 0) is 9.59 Å². The minimum atomic E-state index is -0.731. The van der Waals surface area contributed by atoms with Gasteiger partial charge in [0, 0.05) is 0 Å². The summed E-state index contributed by atoms with van der Waals surface area (Å²) in [5.41, 5.74) is 7.95. The molecule has 13 heavy (non-hydrogen) atoms. The van der Waals surface area contributed by atoms with Gasteiger partial charge in [0.2, 0.25) is 5.91 Å². The lowest BCUT2D eigenvalue weighted by Gasteiger charge is -2.00. The zero-order valence-corrected chi connectivity index (χ0v) is 7.41. The fourth-order valence-electron chi connectivity index (χ4n) is 0.645. The molecule has 0 spiro atoms. The average molecular weight is 184 g/mol. The second-order valence-electron chi connectivity index (χ2n) is 2.33. The summed E-state index contributed by atoms with van der Waals surface area (Å²) in [4.78, 5) is 24.0. The van der Waals surface area contributed by atoms with E-state index in [4.69, 9.17) is 5.53 Å². The molecule has 6 heteroatoms. The largest absolute Gasteiger partial charge is 0.361 e. The van der Waals surface area contributed by atoms with Gasteiger partial charge in [0.15, 0.2) is 0 Å². The van der Waals surface area contributed by atoms with E-state index >= 15 is 0 Å². The normalized spacial score (nSPS) is 8.69. The van der Waals surface area contributed by atoms with Gasteiger partial charge in [-0.15, -0.1) is 0 Å². The van der Waals surface area contributed by atoms with Crippen LogP contribution in [0.1, 0.15) is 13.3 Å². The second-order valence-corrected chi connectivity index (χ2v) is 2.33. The average Bonchev–Trinajstić information content (AvgIpc) is 2.05. The summed E-state index contributed by atoms with van der Waals surface area (Å²) in [6, 6.07) is 0. The molecule has 0 saturated carbocycles. The van der Waals surface area contributed by atoms with Gasteiger partial charge in [0.25, 0.3) is 0 Å². The van der Waals surface area contributed by atoms with Gasteiger partial charge in [0.05, 0.1) is 6.54 Å². The van der Waals surface area contributed by atoms with Crippen molar-refractivity contribution >= 4 is 18.0 Å². The zero-order valence-electron chi connectivity index (χ0n) is 7.41. The summed E-state index contributed by atoms with van der Waals surface area (Å²) in [7, 11) is 0. The molecule has 0 aromatic carbocycles. The van der Waals surface area contributed by atoms with Gasteiger partial charge in [-0.3, -0.25) is 14.9 Å². The summed E-state index contributed by atoms with van der Waals surface area (Å²) in [6.07, 6.45) is 1.54. The Bertz CT molecular complexity index is 233. The number of nitrogens with one attached hydrogen (secondary N) is 2. The van der Waals surface area contributed by atoms with Crippen molar-refractivity contribution in [2.75, 3.05) is 13.1 Å². The van der Waals surface area contributed by atoms with Gasteiger partial charge in [-0.05, 0) is 13.0 Å². The van der Waals surface area contributed by atoms with E-state index in [1.165, 1.54) is 0 Å². The van der Waals surface area contributed by atoms with Crippen LogP contribution in [0.25, 0.3) is 5.53 Å². The van der Waals surface area contributed by atoms with E-state index in [2.05, 4.69) is 10.1 Å². The molecule has 6 nitrogen and oxygen atoms in total. The van der Waals surface area contributed by atoms with Gasteiger partial charge >= 0.3 is 12.1 Å². The van der Waals surface area contributed by atoms with Crippen molar-refractivity contribution in [3.05, 3.63) is 5.53 Å². The van der Waals surface area contributed by atoms with Gasteiger partial charge in [0.1, 0.15) is 0 Å². The first kappa shape index (κ1) is 11.5. The van der Waals surface area contributed by atoms with Gasteiger partial charge in [-0.1, -0.05) is 6.92 Å². The van der Waals surface area contributed by atoms with Crippen molar-refractivity contribution in [3.8, 4) is 0 Å². The lowest BCUT2D eigenvalue weighted by atomic mass is 10.4. The van der Waals surface area contributed by atoms with Crippen LogP contribution in [0.3, 0.4) is 0 Å². The molecule has 0 aliphatic rings. The molecule has 0 radical (unpaired) electrons. The standard InChI is InChI=1S/C7H12N4O2/c1-2-3-9-4-6(12)11-7(13)5-10-8/h5,9H,2-4H2,1H3,(H,11,12,13). The Hall–Kier alpha value is -1.52. The van der Waals surface area contributed by atoms with Crippen molar-refractivity contribution < 1.29 is 14.4 Å². The molecule has 2 amide bonds. The van der Waals surface area contributed by atoms with Gasteiger partial charge in [-0.2, -0.15) is 4.79 Å². The minimum absolute atomic E-state index is 0.0822. The molecule has 2 N–H and O–H groups in total. The second kappa shape index (κ2) is 7.15. The lowest BCUT2D eigenvalue weighted by Crippen LogP contribution is -2.38. The van der Waals surface area contributed by atoms with Crippen LogP contribution in [0.15, 0.2) is 0 Å². The van der Waals surface area contributed by atoms with Crippen LogP contribution in [0, 0.1) is 0 Å². The molecule has 0 atom stereocenters. The molecule has 0 aliphatic heterocycles. The predicted molar refractivity (Wildman–Crippen MR) is 46.0 cm³/mol. The van der Waals surface area contributed by atoms with Crippen LogP contribution in [0.2, 0.25) is 0 Å². The number of amides is 2. The van der Waals surface area contributed by atoms with Gasteiger partial charge < -0.3 is 10.8 Å². The molecular weight excluding hydrogens is 172 g/mol. The first-order valence-electron chi connectivity index (χ1n) is 3.92. The van der Waals surface area contributed by atoms with Crippen molar-refractivity contribution in [3.63, 3.8) is 0 Å². The maximum atomic E-state index is 10.9. The van der Waals surface area contributed by atoms with Crippen molar-refractivity contribution in [1.82, 2.24) is 10.6 Å². The Balaban J connectivity index is 3.62. The molecule has 0 saturated heterocycles. The number of rotatable bonds is 5. The molecule has 0 heterocycles. The third kappa shape index (κ3) is 6.86. The Morgan fingerprint density at radius 2 is 2.23 bits per heavy atom. The predicted octanol–water partition coefficient (Wildman–Crippen LogP) is -1.07. The van der Waals surface area contributed by atoms with E-state index in [-0.39, 0.29) is 6.54 Å². The SMILES string of the molecule is CCCNCC(=O)NC(=O)C=[N+]=[N-]. The highest BCUT2D eigenvalue weighted by Gasteiger charge is 2.06. The van der Waals surface area contributed by atoms with Crippen LogP contribution in [0.4, 0.5) is 0 Å². The quantitative estimate of drug-likeness (QED) is 0.246. The van der Waals surface area contributed by atoms with Gasteiger partial charge in [-0.25, -0.2) is 0 Å². The van der Waals surface area contributed by atoms with E-state index in [0.717, 1.165) is 13.0 Å². The summed E-state index contributed by atoms with van der Waals surface area (Å²) in [6.45, 7) is 2.77. The third-order valence-corrected chi connectivity index (χ3v) is 1.15. The Kier molecular flexibility index (Phi) is 6.31. The number of hydrogen-bond donors (Lipinski definition) is 2. The molecular formula is C7H12N4O2. The topological polar surface area (TPSA) is 94.6 Å². The molecule has 0 unspecified atom stereocenters. The lowest BCUT2D eigenvalue weighted by molar-refractivity contribution is -0.128. The van der Waals surface area contributed by atoms with E-state index in [9.17, 15) is 9.59 Å². The summed E-state index contributed by atoms with van der Waals surface area (Å²) in [5.74, 6) is -1.18. The fraction of sp³-hybridized carbons (Fsp3) is 0.571. The van der Waals surface area contributed by atoms with E-state index in [1.807, 2.05) is 12.2 Å². The fourth-order valence-corrected chi connectivity index (χ4v) is 0.645.